The van der Waals surface area contributed by atoms with Crippen LogP contribution in [0.1, 0.15) is 26.2 Å². The summed E-state index contributed by atoms with van der Waals surface area (Å²) < 4.78 is 17.9. The second-order valence-corrected chi connectivity index (χ2v) is 8.56. The molecule has 4 N–H and O–H groups in total. The fourth-order valence-corrected chi connectivity index (χ4v) is 3.30. The smallest absolute Gasteiger partial charge is 0.350 e. The Kier molecular flexibility index (Phi) is 9.63. The number of rotatable bonds is 14. The van der Waals surface area contributed by atoms with E-state index < -0.39 is 20.0 Å². The van der Waals surface area contributed by atoms with Gasteiger partial charge in [-0.05, 0) is 32.1 Å². The average Bonchev–Trinajstić information content (AvgIpc) is 3.05. The summed E-state index contributed by atoms with van der Waals surface area (Å²) in [6, 6.07) is 0. The number of aromatic nitrogens is 4. The van der Waals surface area contributed by atoms with Crippen LogP contribution in [0.2, 0.25) is 0 Å². The summed E-state index contributed by atoms with van der Waals surface area (Å²) in [5, 5.41) is 6.65. The van der Waals surface area contributed by atoms with Crippen LogP contribution in [0.5, 0.6) is 0 Å². The largest absolute Gasteiger partial charge is 0.367 e. The van der Waals surface area contributed by atoms with Crippen molar-refractivity contribution in [2.75, 3.05) is 37.1 Å². The Labute approximate surface area is 170 Å². The fourth-order valence-electron chi connectivity index (χ4n) is 2.63. The number of thiol groups is 1. The lowest BCUT2D eigenvalue weighted by molar-refractivity contribution is 0.0764. The first-order chi connectivity index (χ1) is 13.4. The van der Waals surface area contributed by atoms with Gasteiger partial charge in [0.15, 0.2) is 11.5 Å². The lowest BCUT2D eigenvalue weighted by atomic mass is 10.2. The number of nitrogens with zero attached hydrogens (tertiary/aromatic N) is 4. The predicted octanol–water partition coefficient (Wildman–Crippen LogP) is 1.47. The molecule has 2 heterocycles. The number of fused-ring (bicyclic) bond motifs is 1. The molecule has 10 nitrogen and oxygen atoms in total. The van der Waals surface area contributed by atoms with Gasteiger partial charge in [0, 0.05) is 13.1 Å². The Morgan fingerprint density at radius 2 is 2.04 bits per heavy atom. The van der Waals surface area contributed by atoms with Crippen molar-refractivity contribution in [2.45, 2.75) is 38.8 Å². The van der Waals surface area contributed by atoms with Crippen LogP contribution in [0, 0.1) is 0 Å². The van der Waals surface area contributed by atoms with Gasteiger partial charge in [-0.15, -0.1) is 0 Å². The summed E-state index contributed by atoms with van der Waals surface area (Å²) in [5.74, 6) is 1.59. The van der Waals surface area contributed by atoms with Gasteiger partial charge in [-0.3, -0.25) is 4.57 Å². The van der Waals surface area contributed by atoms with Crippen LogP contribution < -0.4 is 10.6 Å². The van der Waals surface area contributed by atoms with Gasteiger partial charge in [0.2, 0.25) is 0 Å². The molecule has 0 fully saturated rings. The maximum Gasteiger partial charge on any atom is 0.350 e. The monoisotopic (exact) mass is 432 g/mol. The van der Waals surface area contributed by atoms with Crippen LogP contribution in [0.25, 0.3) is 11.2 Å². The summed E-state index contributed by atoms with van der Waals surface area (Å²) in [6.07, 6.45) is 5.56. The Morgan fingerprint density at radius 1 is 1.21 bits per heavy atom. The standard InChI is InChI=1S/C16H29N6O4PS/c1-13(26-12-27(23,24)25)9-22-11-21-14-15(19-10-20-16(14)22)18-7-6-17-5-3-2-4-8-28/h10-11,13,17,28H,2-9,12H2,1H3,(H,18,19,20)(H2,23,24,25)/t13-/m1/s1. The molecule has 0 saturated heterocycles. The number of imidazole rings is 1. The summed E-state index contributed by atoms with van der Waals surface area (Å²) in [5.41, 5.74) is 1.29. The molecule has 2 aromatic rings. The first-order valence-corrected chi connectivity index (χ1v) is 11.7. The molecule has 0 amide bonds. The molecule has 28 heavy (non-hydrogen) atoms. The minimum atomic E-state index is -4.18. The fraction of sp³-hybridized carbons (Fsp3) is 0.688. The number of ether oxygens (including phenoxy) is 1. The van der Waals surface area contributed by atoms with Crippen LogP contribution in [-0.4, -0.2) is 67.1 Å². The third kappa shape index (κ3) is 8.02. The van der Waals surface area contributed by atoms with Crippen LogP contribution in [-0.2, 0) is 15.8 Å². The average molecular weight is 432 g/mol. The third-order valence-electron chi connectivity index (χ3n) is 3.99. The van der Waals surface area contributed by atoms with Crippen molar-refractivity contribution in [2.24, 2.45) is 0 Å². The van der Waals surface area contributed by atoms with Gasteiger partial charge in [0.05, 0.1) is 19.0 Å². The highest BCUT2D eigenvalue weighted by Gasteiger charge is 2.17. The highest BCUT2D eigenvalue weighted by molar-refractivity contribution is 7.80. The number of hydrogen-bond donors (Lipinski definition) is 5. The van der Waals surface area contributed by atoms with Crippen molar-refractivity contribution >= 4 is 37.2 Å². The minimum absolute atomic E-state index is 0.376. The third-order valence-corrected chi connectivity index (χ3v) is 4.79. The van der Waals surface area contributed by atoms with E-state index in [0.29, 0.717) is 30.1 Å². The van der Waals surface area contributed by atoms with Crippen molar-refractivity contribution < 1.29 is 19.1 Å². The van der Waals surface area contributed by atoms with Crippen molar-refractivity contribution in [3.8, 4) is 0 Å². The second-order valence-electron chi connectivity index (χ2n) is 6.52. The summed E-state index contributed by atoms with van der Waals surface area (Å²) in [6.45, 7) is 4.63. The Balaban J connectivity index is 1.84. The molecule has 2 rings (SSSR count). The number of unbranched alkanes of at least 4 members (excludes halogenated alkanes) is 2. The molecule has 0 bridgehead atoms. The molecule has 158 valence electrons. The van der Waals surface area contributed by atoms with Gasteiger partial charge in [-0.25, -0.2) is 15.0 Å². The quantitative estimate of drug-likeness (QED) is 0.171. The normalized spacial score (nSPS) is 13.1. The molecule has 2 aromatic heterocycles. The van der Waals surface area contributed by atoms with E-state index in [1.54, 1.807) is 17.8 Å². The van der Waals surface area contributed by atoms with E-state index in [4.69, 9.17) is 14.5 Å². The van der Waals surface area contributed by atoms with Crippen LogP contribution in [0.15, 0.2) is 12.7 Å². The minimum Gasteiger partial charge on any atom is -0.367 e. The molecule has 0 aliphatic heterocycles. The number of nitrogens with one attached hydrogen (secondary N) is 2. The molecule has 0 aromatic carbocycles. The molecule has 0 unspecified atom stereocenters. The summed E-state index contributed by atoms with van der Waals surface area (Å²) >= 11 is 4.20. The molecular formula is C16H29N6O4PS. The summed E-state index contributed by atoms with van der Waals surface area (Å²) in [7, 11) is -4.18. The van der Waals surface area contributed by atoms with Crippen LogP contribution in [0.4, 0.5) is 5.82 Å². The van der Waals surface area contributed by atoms with E-state index >= 15 is 0 Å². The van der Waals surface area contributed by atoms with Gasteiger partial charge in [0.1, 0.15) is 18.2 Å². The maximum absolute atomic E-state index is 10.9. The first kappa shape index (κ1) is 23.1. The molecule has 0 saturated carbocycles. The zero-order valence-electron chi connectivity index (χ0n) is 16.0. The Morgan fingerprint density at radius 3 is 2.79 bits per heavy atom. The zero-order chi connectivity index (χ0) is 20.4. The van der Waals surface area contributed by atoms with Gasteiger partial charge >= 0.3 is 7.60 Å². The molecule has 0 aliphatic rings. The molecule has 12 heteroatoms. The van der Waals surface area contributed by atoms with Crippen LogP contribution in [0.3, 0.4) is 0 Å². The summed E-state index contributed by atoms with van der Waals surface area (Å²) in [4.78, 5) is 30.7. The highest BCUT2D eigenvalue weighted by Crippen LogP contribution is 2.34. The maximum atomic E-state index is 10.9. The van der Waals surface area contributed by atoms with Gasteiger partial charge in [-0.1, -0.05) is 6.42 Å². The van der Waals surface area contributed by atoms with Gasteiger partial charge < -0.3 is 29.7 Å². The Bertz CT molecular complexity index is 771. The van der Waals surface area contributed by atoms with Gasteiger partial charge in [0.25, 0.3) is 0 Å². The second kappa shape index (κ2) is 11.7. The lowest BCUT2D eigenvalue weighted by Gasteiger charge is -2.14. The van der Waals surface area contributed by atoms with Crippen molar-refractivity contribution in [1.82, 2.24) is 24.8 Å². The zero-order valence-corrected chi connectivity index (χ0v) is 17.8. The topological polar surface area (TPSA) is 134 Å². The van der Waals surface area contributed by atoms with E-state index in [9.17, 15) is 4.57 Å². The van der Waals surface area contributed by atoms with E-state index in [1.807, 2.05) is 0 Å². The first-order valence-electron chi connectivity index (χ1n) is 9.28. The SMILES string of the molecule is C[C@H](Cn1cnc2c(NCCNCCCCCS)ncnc21)OCP(=O)(O)O. The molecule has 0 spiro atoms. The molecule has 0 aliphatic carbocycles. The van der Waals surface area contributed by atoms with Crippen molar-refractivity contribution in [3.63, 3.8) is 0 Å². The van der Waals surface area contributed by atoms with Gasteiger partial charge in [-0.2, -0.15) is 12.6 Å². The molecule has 1 atom stereocenters. The van der Waals surface area contributed by atoms with E-state index in [-0.39, 0.29) is 0 Å². The van der Waals surface area contributed by atoms with Crippen LogP contribution >= 0.6 is 20.2 Å². The van der Waals surface area contributed by atoms with E-state index in [0.717, 1.165) is 31.7 Å². The van der Waals surface area contributed by atoms with Crippen molar-refractivity contribution in [1.29, 1.82) is 0 Å². The molecule has 0 radical (unpaired) electrons. The Hall–Kier alpha value is -1.23. The molecular weight excluding hydrogens is 403 g/mol. The predicted molar refractivity (Wildman–Crippen MR) is 112 cm³/mol. The van der Waals surface area contributed by atoms with E-state index in [1.165, 1.54) is 12.7 Å². The van der Waals surface area contributed by atoms with Crippen molar-refractivity contribution in [3.05, 3.63) is 12.7 Å². The van der Waals surface area contributed by atoms with E-state index in [2.05, 4.69) is 38.2 Å². The highest BCUT2D eigenvalue weighted by atomic mass is 32.1. The lowest BCUT2D eigenvalue weighted by Crippen LogP contribution is -2.23. The number of anilines is 1. The number of hydrogen-bond acceptors (Lipinski definition) is 8.